The molecular weight excluding hydrogens is 620 g/mol. The highest BCUT2D eigenvalue weighted by Crippen LogP contribution is 2.81. The Morgan fingerprint density at radius 3 is 2.19 bits per heavy atom. The molecule has 6 rings (SSSR count). The lowest BCUT2D eigenvalue weighted by Gasteiger charge is -2.62. The number of ether oxygens (including phenoxy) is 1. The number of hydrogen-bond donors (Lipinski definition) is 1. The molecule has 5 aliphatic rings. The second kappa shape index (κ2) is 11.7. The number of Topliss-reactive ketones (excluding diaryl/α,β-unsaturated/α-hetero) is 1. The summed E-state index contributed by atoms with van der Waals surface area (Å²) in [5.74, 6) is 1.63. The van der Waals surface area contributed by atoms with Crippen LogP contribution in [0.1, 0.15) is 65.4 Å². The van der Waals surface area contributed by atoms with Crippen molar-refractivity contribution < 1.29 is 23.8 Å². The quantitative estimate of drug-likeness (QED) is 0.243. The molecule has 10 heteroatoms. The molecule has 6 nitrogen and oxygen atoms in total. The zero-order valence-electron chi connectivity index (χ0n) is 25.1. The van der Waals surface area contributed by atoms with Crippen LogP contribution in [-0.2, 0) is 14.3 Å². The van der Waals surface area contributed by atoms with Crippen LogP contribution in [0.3, 0.4) is 0 Å². The van der Waals surface area contributed by atoms with Crippen LogP contribution in [0, 0.1) is 27.6 Å². The van der Waals surface area contributed by atoms with Crippen molar-refractivity contribution in [2.45, 2.75) is 71.5 Å². The van der Waals surface area contributed by atoms with E-state index in [0.717, 1.165) is 38.9 Å². The van der Waals surface area contributed by atoms with Crippen LogP contribution in [-0.4, -0.2) is 70.6 Å². The number of ketones is 2. The monoisotopic (exact) mass is 661 g/mol. The Kier molecular flexibility index (Phi) is 9.45. The van der Waals surface area contributed by atoms with Gasteiger partial charge in [-0.1, -0.05) is 19.9 Å². The summed E-state index contributed by atoms with van der Waals surface area (Å²) < 4.78 is 11.9. The lowest BCUT2D eigenvalue weighted by atomic mass is 9.39. The van der Waals surface area contributed by atoms with Gasteiger partial charge in [0.1, 0.15) is 5.60 Å². The minimum absolute atomic E-state index is 0. The summed E-state index contributed by atoms with van der Waals surface area (Å²) in [6.45, 7) is 12.6. The fourth-order valence-corrected chi connectivity index (χ4v) is 10.2. The number of carbonyl (C=O) groups excluding carboxylic acids is 2. The maximum absolute atomic E-state index is 14.0. The Labute approximate surface area is 270 Å². The number of epoxide rings is 1. The zero-order chi connectivity index (χ0) is 30.0. The number of halogens is 4. The summed E-state index contributed by atoms with van der Waals surface area (Å²) in [6, 6.07) is 2.03. The molecule has 1 aliphatic heterocycles. The molecule has 0 radical (unpaired) electrons. The van der Waals surface area contributed by atoms with Crippen molar-refractivity contribution in [2.24, 2.45) is 27.6 Å². The summed E-state index contributed by atoms with van der Waals surface area (Å²) in [4.78, 5) is 28.9. The first-order chi connectivity index (χ1) is 19.3. The van der Waals surface area contributed by atoms with Crippen molar-refractivity contribution in [1.82, 2.24) is 4.90 Å². The zero-order valence-corrected chi connectivity index (χ0v) is 28.1. The molecule has 7 atom stereocenters. The second-order valence-electron chi connectivity index (χ2n) is 13.5. The van der Waals surface area contributed by atoms with Crippen LogP contribution in [0.25, 0.3) is 0 Å². The molecule has 1 aromatic rings. The highest BCUT2D eigenvalue weighted by molar-refractivity contribution is 6.18. The third-order valence-electron chi connectivity index (χ3n) is 11.4. The Bertz CT molecular complexity index is 1250. The molecule has 2 heterocycles. The fourth-order valence-electron chi connectivity index (χ4n) is 9.48. The van der Waals surface area contributed by atoms with Crippen molar-refractivity contribution >= 4 is 58.8 Å². The molecule has 2 saturated carbocycles. The molecule has 4 aliphatic carbocycles. The van der Waals surface area contributed by atoms with Gasteiger partial charge in [0, 0.05) is 48.1 Å². The number of aliphatic hydroxyl groups excluding tert-OH is 1. The van der Waals surface area contributed by atoms with Crippen molar-refractivity contribution in [3.05, 3.63) is 47.6 Å². The van der Waals surface area contributed by atoms with Gasteiger partial charge in [0.05, 0.1) is 29.5 Å². The summed E-state index contributed by atoms with van der Waals surface area (Å²) in [5, 5.41) is 11.4. The normalized spacial score (nSPS) is 39.0. The Hall–Kier alpha value is -1.02. The van der Waals surface area contributed by atoms with E-state index >= 15 is 0 Å². The van der Waals surface area contributed by atoms with E-state index < -0.39 is 21.8 Å². The van der Waals surface area contributed by atoms with E-state index in [0.29, 0.717) is 23.2 Å². The van der Waals surface area contributed by atoms with Gasteiger partial charge in [0.15, 0.2) is 11.5 Å². The van der Waals surface area contributed by atoms with E-state index in [2.05, 4.69) is 18.7 Å². The van der Waals surface area contributed by atoms with Gasteiger partial charge in [-0.15, -0.1) is 47.2 Å². The van der Waals surface area contributed by atoms with Gasteiger partial charge in [-0.3, -0.25) is 14.5 Å². The van der Waals surface area contributed by atoms with Crippen molar-refractivity contribution in [2.75, 3.05) is 37.3 Å². The molecule has 7 unspecified atom stereocenters. The first-order valence-corrected chi connectivity index (χ1v) is 16.2. The highest BCUT2D eigenvalue weighted by atomic mass is 35.5. The summed E-state index contributed by atoms with van der Waals surface area (Å²) >= 11 is 16.6. The Morgan fingerprint density at radius 2 is 1.64 bits per heavy atom. The third kappa shape index (κ3) is 4.48. The van der Waals surface area contributed by atoms with E-state index in [9.17, 15) is 14.7 Å². The molecule has 1 aromatic heterocycles. The second-order valence-corrected chi connectivity index (χ2v) is 14.6. The van der Waals surface area contributed by atoms with Crippen LogP contribution in [0.5, 0.6) is 0 Å². The van der Waals surface area contributed by atoms with Crippen LogP contribution < -0.4 is 0 Å². The molecule has 1 N–H and O–H groups in total. The van der Waals surface area contributed by atoms with Crippen molar-refractivity contribution in [3.63, 3.8) is 0 Å². The van der Waals surface area contributed by atoms with Gasteiger partial charge in [-0.2, -0.15) is 0 Å². The molecule has 1 saturated heterocycles. The van der Waals surface area contributed by atoms with Gasteiger partial charge in [0.25, 0.3) is 0 Å². The molecule has 0 bridgehead atoms. The van der Waals surface area contributed by atoms with Gasteiger partial charge in [-0.05, 0) is 75.1 Å². The molecule has 0 aromatic carbocycles. The first-order valence-electron chi connectivity index (χ1n) is 14.6. The van der Waals surface area contributed by atoms with Gasteiger partial charge in [-0.25, -0.2) is 0 Å². The number of allylic oxidation sites excluding steroid dienone is 4. The number of hydrogen-bond acceptors (Lipinski definition) is 6. The number of aliphatic hydroxyl groups is 1. The first kappa shape index (κ1) is 33.9. The minimum atomic E-state index is -0.901. The largest absolute Gasteiger partial charge is 0.504 e. The van der Waals surface area contributed by atoms with E-state index in [1.165, 1.54) is 5.56 Å². The van der Waals surface area contributed by atoms with Crippen LogP contribution >= 0.6 is 47.2 Å². The number of carbonyl (C=O) groups is 2. The number of fused-ring (bicyclic) bond motifs is 3. The maximum Gasteiger partial charge on any atom is 0.206 e. The fraction of sp³-hybridized carbons (Fsp3) is 0.688. The molecule has 3 fully saturated rings. The SMILES string of the molecule is CC1(C)C(=O)C=CC2(C)C1=C(O)C(=O)C1(C)C2CCC2(C)C(c3ccoc3)CC3OC321.Cl.ClCCN(CCCl)CCCl. The standard InChI is InChI=1S/C26H30O5.C6H12Cl3N.ClH/c1-22(2)17(27)7-9-23(3)16-6-10-24(4)15(14-8-11-30-13-14)12-18-26(24,31-18)25(16,5)21(29)19(28)20(22)23;7-1-4-10(5-2-8)6-3-9;/h7-9,11,13,15-16,18,28H,6,10,12H2,1-5H3;1-6H2;1H. The predicted octanol–water partition coefficient (Wildman–Crippen LogP) is 7.32. The van der Waals surface area contributed by atoms with Gasteiger partial charge < -0.3 is 14.3 Å². The maximum atomic E-state index is 14.0. The number of alkyl halides is 3. The van der Waals surface area contributed by atoms with Crippen molar-refractivity contribution in [1.29, 1.82) is 0 Å². The average Bonchev–Trinajstić information content (AvgIpc) is 3.28. The summed E-state index contributed by atoms with van der Waals surface area (Å²) in [7, 11) is 0. The third-order valence-corrected chi connectivity index (χ3v) is 11.9. The highest BCUT2D eigenvalue weighted by Gasteiger charge is 2.87. The van der Waals surface area contributed by atoms with E-state index in [1.54, 1.807) is 12.3 Å². The van der Waals surface area contributed by atoms with Crippen LogP contribution in [0.2, 0.25) is 0 Å². The van der Waals surface area contributed by atoms with E-state index in [1.807, 2.05) is 39.2 Å². The summed E-state index contributed by atoms with van der Waals surface area (Å²) in [5.41, 5.74) is -1.40. The molecule has 1 spiro atoms. The van der Waals surface area contributed by atoms with E-state index in [4.69, 9.17) is 44.0 Å². The predicted molar refractivity (Wildman–Crippen MR) is 169 cm³/mol. The minimum Gasteiger partial charge on any atom is -0.504 e. The number of rotatable bonds is 7. The van der Waals surface area contributed by atoms with Crippen molar-refractivity contribution in [3.8, 4) is 0 Å². The van der Waals surface area contributed by atoms with E-state index in [-0.39, 0.29) is 53.1 Å². The average molecular weight is 664 g/mol. The van der Waals surface area contributed by atoms with Gasteiger partial charge >= 0.3 is 0 Å². The Balaban J connectivity index is 0.000000320. The van der Waals surface area contributed by atoms with Crippen LogP contribution in [0.15, 0.2) is 46.5 Å². The Morgan fingerprint density at radius 1 is 1.02 bits per heavy atom. The lowest BCUT2D eigenvalue weighted by Crippen LogP contribution is -2.66. The summed E-state index contributed by atoms with van der Waals surface area (Å²) in [6.07, 6.45) is 9.76. The van der Waals surface area contributed by atoms with Gasteiger partial charge in [0.2, 0.25) is 5.78 Å². The molecular formula is C32H43Cl4NO5. The smallest absolute Gasteiger partial charge is 0.206 e. The number of furan rings is 1. The molecule has 0 amide bonds. The molecule has 234 valence electrons. The number of nitrogens with zero attached hydrogens (tertiary/aromatic N) is 1. The topological polar surface area (TPSA) is 83.3 Å². The molecule has 42 heavy (non-hydrogen) atoms. The van der Waals surface area contributed by atoms with Crippen LogP contribution in [0.4, 0.5) is 0 Å². The lowest BCUT2D eigenvalue weighted by molar-refractivity contribution is -0.162.